The molecule has 2 aliphatic rings. The first-order valence-corrected chi connectivity index (χ1v) is 13.2. The van der Waals surface area contributed by atoms with Crippen LogP contribution in [-0.2, 0) is 16.4 Å². The van der Waals surface area contributed by atoms with Gasteiger partial charge >= 0.3 is 0 Å². The molecule has 4 nitrogen and oxygen atoms in total. The van der Waals surface area contributed by atoms with Crippen molar-refractivity contribution in [3.63, 3.8) is 0 Å². The van der Waals surface area contributed by atoms with E-state index in [1.807, 2.05) is 49.4 Å². The van der Waals surface area contributed by atoms with E-state index in [2.05, 4.69) is 56.3 Å². The Labute approximate surface area is 197 Å². The first-order chi connectivity index (χ1) is 15.5. The zero-order chi connectivity index (χ0) is 22.3. The minimum atomic E-state index is -3.69. The second kappa shape index (κ2) is 8.41. The van der Waals surface area contributed by atoms with Crippen LogP contribution >= 0.6 is 15.9 Å². The smallest absolute Gasteiger partial charge is 0.261 e. The molecule has 0 amide bonds. The number of hydrogen-bond acceptors (Lipinski definition) is 3. The molecule has 0 fully saturated rings. The molecule has 2 N–H and O–H groups in total. The van der Waals surface area contributed by atoms with Gasteiger partial charge in [-0.15, -0.1) is 0 Å². The molecule has 1 aliphatic heterocycles. The molecule has 3 aromatic rings. The number of nitrogens with one attached hydrogen (secondary N) is 2. The van der Waals surface area contributed by atoms with Crippen LogP contribution in [-0.4, -0.2) is 8.42 Å². The third kappa shape index (κ3) is 3.86. The monoisotopic (exact) mass is 508 g/mol. The van der Waals surface area contributed by atoms with Gasteiger partial charge in [0.2, 0.25) is 0 Å². The maximum atomic E-state index is 13.2. The molecule has 1 aliphatic carbocycles. The summed E-state index contributed by atoms with van der Waals surface area (Å²) in [6, 6.07) is 21.6. The fourth-order valence-electron chi connectivity index (χ4n) is 4.90. The number of rotatable bonds is 5. The van der Waals surface area contributed by atoms with E-state index >= 15 is 0 Å². The second-order valence-electron chi connectivity index (χ2n) is 8.40. The van der Waals surface area contributed by atoms with Crippen LogP contribution in [0.4, 0.5) is 11.4 Å². The standard InChI is InChI=1S/C26H25BrN2O2S/c1-2-17-7-3-4-12-24(17)29-32(30,31)20-13-14-25-23(16-20)21-10-6-11-22(21)26(28-25)18-8-5-9-19(27)15-18/h3-10,12-16,21-22,26,28-29H,2,11H2,1H3/t21-,22+,26+/m0/s1. The van der Waals surface area contributed by atoms with Crippen LogP contribution in [0.15, 0.2) is 88.3 Å². The van der Waals surface area contributed by atoms with Crippen molar-refractivity contribution in [2.45, 2.75) is 36.6 Å². The zero-order valence-corrected chi connectivity index (χ0v) is 20.2. The van der Waals surface area contributed by atoms with Crippen molar-refractivity contribution in [3.8, 4) is 0 Å². The van der Waals surface area contributed by atoms with Gasteiger partial charge in [0.25, 0.3) is 10.0 Å². The van der Waals surface area contributed by atoms with Gasteiger partial charge in [0.15, 0.2) is 0 Å². The van der Waals surface area contributed by atoms with Crippen LogP contribution in [0.2, 0.25) is 0 Å². The number of anilines is 2. The molecule has 6 heteroatoms. The zero-order valence-electron chi connectivity index (χ0n) is 17.8. The fourth-order valence-corrected chi connectivity index (χ4v) is 6.45. The Hall–Kier alpha value is -2.57. The lowest BCUT2D eigenvalue weighted by Crippen LogP contribution is -2.29. The number of benzene rings is 3. The predicted molar refractivity (Wildman–Crippen MR) is 134 cm³/mol. The molecule has 5 rings (SSSR count). The van der Waals surface area contributed by atoms with Crippen molar-refractivity contribution >= 4 is 37.3 Å². The minimum Gasteiger partial charge on any atom is -0.378 e. The fraction of sp³-hybridized carbons (Fsp3) is 0.231. The normalized spacial score (nSPS) is 21.5. The van der Waals surface area contributed by atoms with Gasteiger partial charge in [0.05, 0.1) is 16.6 Å². The van der Waals surface area contributed by atoms with E-state index in [0.29, 0.717) is 16.5 Å². The molecule has 3 atom stereocenters. The average molecular weight is 509 g/mol. The van der Waals surface area contributed by atoms with Crippen LogP contribution in [0.5, 0.6) is 0 Å². The number of aryl methyl sites for hydroxylation is 1. The van der Waals surface area contributed by atoms with E-state index in [0.717, 1.165) is 34.1 Å². The number of fused-ring (bicyclic) bond motifs is 3. The van der Waals surface area contributed by atoms with E-state index in [1.165, 1.54) is 5.56 Å². The summed E-state index contributed by atoms with van der Waals surface area (Å²) in [5, 5.41) is 3.68. The van der Waals surface area contributed by atoms with Gasteiger partial charge in [-0.05, 0) is 71.8 Å². The van der Waals surface area contributed by atoms with E-state index < -0.39 is 10.0 Å². The van der Waals surface area contributed by atoms with Crippen molar-refractivity contribution in [1.29, 1.82) is 0 Å². The van der Waals surface area contributed by atoms with E-state index in [4.69, 9.17) is 0 Å². The maximum Gasteiger partial charge on any atom is 0.261 e. The van der Waals surface area contributed by atoms with Crippen LogP contribution < -0.4 is 10.0 Å². The Bertz CT molecular complexity index is 1300. The summed E-state index contributed by atoms with van der Waals surface area (Å²) in [5.74, 6) is 0.539. The molecular formula is C26H25BrN2O2S. The summed E-state index contributed by atoms with van der Waals surface area (Å²) in [7, 11) is -3.69. The molecule has 0 saturated heterocycles. The number of hydrogen-bond donors (Lipinski definition) is 2. The van der Waals surface area contributed by atoms with E-state index in [-0.39, 0.29) is 12.0 Å². The summed E-state index contributed by atoms with van der Waals surface area (Å²) in [4.78, 5) is 0.295. The first-order valence-electron chi connectivity index (χ1n) is 10.9. The first kappa shape index (κ1) is 21.3. The molecule has 1 heterocycles. The summed E-state index contributed by atoms with van der Waals surface area (Å²) in [5.41, 5.74) is 4.89. The quantitative estimate of drug-likeness (QED) is 0.379. The molecule has 0 spiro atoms. The summed E-state index contributed by atoms with van der Waals surface area (Å²) >= 11 is 3.58. The topological polar surface area (TPSA) is 58.2 Å². The molecule has 0 radical (unpaired) electrons. The van der Waals surface area contributed by atoms with E-state index in [1.54, 1.807) is 6.07 Å². The van der Waals surface area contributed by atoms with Crippen LogP contribution in [0.25, 0.3) is 0 Å². The lowest BCUT2D eigenvalue weighted by atomic mass is 9.77. The summed E-state index contributed by atoms with van der Waals surface area (Å²) in [6.07, 6.45) is 6.17. The molecule has 0 saturated carbocycles. The molecular weight excluding hydrogens is 484 g/mol. The highest BCUT2D eigenvalue weighted by Crippen LogP contribution is 2.50. The van der Waals surface area contributed by atoms with Gasteiger partial charge in [-0.1, -0.05) is 65.3 Å². The summed E-state index contributed by atoms with van der Waals surface area (Å²) < 4.78 is 30.3. The van der Waals surface area contributed by atoms with Crippen molar-refractivity contribution in [1.82, 2.24) is 0 Å². The number of para-hydroxylation sites is 1. The van der Waals surface area contributed by atoms with Crippen LogP contribution in [0.3, 0.4) is 0 Å². The highest BCUT2D eigenvalue weighted by Gasteiger charge is 2.38. The van der Waals surface area contributed by atoms with Crippen molar-refractivity contribution in [2.75, 3.05) is 10.0 Å². The third-order valence-electron chi connectivity index (χ3n) is 6.49. The minimum absolute atomic E-state index is 0.178. The molecule has 3 aromatic carbocycles. The SMILES string of the molecule is CCc1ccccc1NS(=O)(=O)c1ccc2c(c1)[C@H]1C=CC[C@H]1[C@@H](c1cccc(Br)c1)N2. The second-order valence-corrected chi connectivity index (χ2v) is 11.0. The largest absolute Gasteiger partial charge is 0.378 e. The van der Waals surface area contributed by atoms with Crippen LogP contribution in [0, 0.1) is 5.92 Å². The number of allylic oxidation sites excluding steroid dienone is 2. The summed E-state index contributed by atoms with van der Waals surface area (Å²) in [6.45, 7) is 2.02. The number of sulfonamides is 1. The molecule has 164 valence electrons. The molecule has 32 heavy (non-hydrogen) atoms. The van der Waals surface area contributed by atoms with Gasteiger partial charge in [-0.3, -0.25) is 4.72 Å². The van der Waals surface area contributed by atoms with Crippen molar-refractivity contribution in [2.24, 2.45) is 5.92 Å². The van der Waals surface area contributed by atoms with E-state index in [9.17, 15) is 8.42 Å². The third-order valence-corrected chi connectivity index (χ3v) is 8.35. The lowest BCUT2D eigenvalue weighted by Gasteiger charge is -2.37. The molecule has 0 unspecified atom stereocenters. The Kier molecular flexibility index (Phi) is 5.59. The molecule has 0 bridgehead atoms. The Morgan fingerprint density at radius 2 is 1.91 bits per heavy atom. The van der Waals surface area contributed by atoms with Crippen LogP contribution in [0.1, 0.15) is 42.0 Å². The van der Waals surface area contributed by atoms with Gasteiger partial charge in [-0.2, -0.15) is 0 Å². The molecule has 0 aromatic heterocycles. The average Bonchev–Trinajstić information content (AvgIpc) is 3.28. The maximum absolute atomic E-state index is 13.2. The highest BCUT2D eigenvalue weighted by atomic mass is 79.9. The predicted octanol–water partition coefficient (Wildman–Crippen LogP) is 6.64. The Morgan fingerprint density at radius 1 is 1.06 bits per heavy atom. The van der Waals surface area contributed by atoms with Gasteiger partial charge in [0.1, 0.15) is 0 Å². The highest BCUT2D eigenvalue weighted by molar-refractivity contribution is 9.10. The number of halogens is 1. The van der Waals surface area contributed by atoms with Gasteiger partial charge < -0.3 is 5.32 Å². The van der Waals surface area contributed by atoms with Crippen molar-refractivity contribution < 1.29 is 8.42 Å². The Balaban J connectivity index is 1.50. The van der Waals surface area contributed by atoms with Gasteiger partial charge in [-0.25, -0.2) is 8.42 Å². The van der Waals surface area contributed by atoms with Crippen molar-refractivity contribution in [3.05, 3.63) is 100 Å². The van der Waals surface area contributed by atoms with Gasteiger partial charge in [0, 0.05) is 16.1 Å². The lowest BCUT2D eigenvalue weighted by molar-refractivity contribution is 0.425. The Morgan fingerprint density at radius 3 is 2.72 bits per heavy atom.